The maximum atomic E-state index is 13.6. The van der Waals surface area contributed by atoms with Crippen molar-refractivity contribution in [3.05, 3.63) is 84.5 Å². The molecule has 1 aliphatic rings. The minimum absolute atomic E-state index is 0.0287. The molecular weight excluding hydrogens is 523 g/mol. The minimum atomic E-state index is -4.61. The molecular formula is C29H28F3N5O3. The topological polar surface area (TPSA) is 92.5 Å². The Morgan fingerprint density at radius 3 is 2.67 bits per heavy atom. The number of rotatable bonds is 9. The first kappa shape index (κ1) is 27.2. The molecule has 1 fully saturated rings. The molecule has 2 N–H and O–H groups in total. The highest BCUT2D eigenvalue weighted by atomic mass is 19.4. The zero-order valence-electron chi connectivity index (χ0n) is 21.7. The second kappa shape index (κ2) is 11.8. The molecule has 0 spiro atoms. The van der Waals surface area contributed by atoms with Crippen molar-refractivity contribution in [1.29, 1.82) is 0 Å². The smallest absolute Gasteiger partial charge is 0.416 e. The molecule has 2 aromatic carbocycles. The largest absolute Gasteiger partial charge is 0.493 e. The van der Waals surface area contributed by atoms with Crippen LogP contribution >= 0.6 is 0 Å². The molecule has 1 unspecified atom stereocenters. The Labute approximate surface area is 229 Å². The number of likely N-dealkylation sites (tertiary alicyclic amines) is 1. The van der Waals surface area contributed by atoms with Gasteiger partial charge in [0.15, 0.2) is 12.2 Å². The molecule has 0 radical (unpaired) electrons. The van der Waals surface area contributed by atoms with Crippen molar-refractivity contribution in [3.63, 3.8) is 0 Å². The Balaban J connectivity index is 1.30. The Morgan fingerprint density at radius 2 is 1.98 bits per heavy atom. The number of benzene rings is 2. The van der Waals surface area contributed by atoms with Gasteiger partial charge in [0.25, 0.3) is 5.91 Å². The fourth-order valence-electron chi connectivity index (χ4n) is 4.67. The van der Waals surface area contributed by atoms with E-state index in [0.29, 0.717) is 23.9 Å². The molecule has 11 heteroatoms. The molecule has 4 aromatic rings. The highest BCUT2D eigenvalue weighted by molar-refractivity contribution is 6.08. The first-order valence-corrected chi connectivity index (χ1v) is 12.8. The number of carbonyl (C=O) groups is 1. The molecule has 1 aliphatic heterocycles. The lowest BCUT2D eigenvalue weighted by Gasteiger charge is -2.20. The summed E-state index contributed by atoms with van der Waals surface area (Å²) in [4.78, 5) is 23.6. The quantitative estimate of drug-likeness (QED) is 0.242. The molecule has 1 saturated heterocycles. The monoisotopic (exact) mass is 551 g/mol. The predicted molar refractivity (Wildman–Crippen MR) is 145 cm³/mol. The summed E-state index contributed by atoms with van der Waals surface area (Å²) < 4.78 is 51.9. The minimum Gasteiger partial charge on any atom is -0.493 e. The lowest BCUT2D eigenvalue weighted by atomic mass is 10.1. The van der Waals surface area contributed by atoms with Gasteiger partial charge in [-0.3, -0.25) is 4.79 Å². The van der Waals surface area contributed by atoms with Crippen LogP contribution in [-0.2, 0) is 6.18 Å². The molecule has 208 valence electrons. The standard InChI is InChI=1S/C29H28F3N5O3/c1-37-12-3-4-23(37)10-13-39-24-15-20(29(30,31)32)14-22(16-24)36-28(38)25-5-2-11-34-27(25)35-21-8-6-19(7-9-21)26-17-33-18-40-26/h2,5-9,11,14-18,23H,3-4,10,12-13H2,1H3,(H,34,35)(H,36,38). The zero-order valence-corrected chi connectivity index (χ0v) is 21.7. The Bertz CT molecular complexity index is 1440. The van der Waals surface area contributed by atoms with Gasteiger partial charge in [0.1, 0.15) is 11.6 Å². The third kappa shape index (κ3) is 6.60. The van der Waals surface area contributed by atoms with Gasteiger partial charge in [0.2, 0.25) is 0 Å². The van der Waals surface area contributed by atoms with Crippen LogP contribution < -0.4 is 15.4 Å². The van der Waals surface area contributed by atoms with Gasteiger partial charge in [0, 0.05) is 35.2 Å². The number of nitrogens with zero attached hydrogens (tertiary/aromatic N) is 3. The van der Waals surface area contributed by atoms with Gasteiger partial charge < -0.3 is 24.7 Å². The van der Waals surface area contributed by atoms with E-state index in [9.17, 15) is 18.0 Å². The molecule has 0 saturated carbocycles. The number of hydrogen-bond donors (Lipinski definition) is 2. The number of ether oxygens (including phenoxy) is 1. The average molecular weight is 552 g/mol. The van der Waals surface area contributed by atoms with E-state index >= 15 is 0 Å². The number of anilines is 3. The van der Waals surface area contributed by atoms with Gasteiger partial charge in [-0.05, 0) is 81.4 Å². The Hall–Kier alpha value is -4.38. The van der Waals surface area contributed by atoms with Crippen LogP contribution in [0.2, 0.25) is 0 Å². The third-order valence-electron chi connectivity index (χ3n) is 6.80. The summed E-state index contributed by atoms with van der Waals surface area (Å²) in [5, 5.41) is 5.67. The van der Waals surface area contributed by atoms with Gasteiger partial charge in [-0.1, -0.05) is 0 Å². The highest BCUT2D eigenvalue weighted by Crippen LogP contribution is 2.35. The van der Waals surface area contributed by atoms with Gasteiger partial charge in [0.05, 0.1) is 23.9 Å². The number of halogens is 3. The number of aromatic nitrogens is 2. The molecule has 3 heterocycles. The number of pyridine rings is 1. The fourth-order valence-corrected chi connectivity index (χ4v) is 4.67. The van der Waals surface area contributed by atoms with Crippen LogP contribution in [-0.4, -0.2) is 47.0 Å². The summed E-state index contributed by atoms with van der Waals surface area (Å²) in [6, 6.07) is 13.9. The lowest BCUT2D eigenvalue weighted by Crippen LogP contribution is -2.26. The van der Waals surface area contributed by atoms with E-state index in [-0.39, 0.29) is 29.4 Å². The number of hydrogen-bond acceptors (Lipinski definition) is 7. The second-order valence-corrected chi connectivity index (χ2v) is 9.58. The maximum absolute atomic E-state index is 13.6. The van der Waals surface area contributed by atoms with Crippen molar-refractivity contribution in [2.24, 2.45) is 0 Å². The van der Waals surface area contributed by atoms with Gasteiger partial charge in [-0.25, -0.2) is 9.97 Å². The van der Waals surface area contributed by atoms with E-state index in [2.05, 4.69) is 25.5 Å². The molecule has 0 aliphatic carbocycles. The summed E-state index contributed by atoms with van der Waals surface area (Å²) in [7, 11) is 2.03. The van der Waals surface area contributed by atoms with Crippen molar-refractivity contribution in [2.45, 2.75) is 31.5 Å². The fraction of sp³-hybridized carbons (Fsp3) is 0.276. The summed E-state index contributed by atoms with van der Waals surface area (Å²) in [5.41, 5.74) is 0.693. The van der Waals surface area contributed by atoms with Crippen molar-refractivity contribution in [2.75, 3.05) is 30.8 Å². The van der Waals surface area contributed by atoms with Gasteiger partial charge >= 0.3 is 6.18 Å². The van der Waals surface area contributed by atoms with Gasteiger partial charge in [-0.15, -0.1) is 0 Å². The van der Waals surface area contributed by atoms with Crippen molar-refractivity contribution >= 4 is 23.1 Å². The van der Waals surface area contributed by atoms with E-state index < -0.39 is 17.6 Å². The van der Waals surface area contributed by atoms with Crippen LogP contribution in [0.15, 0.2) is 77.8 Å². The normalized spacial score (nSPS) is 15.7. The van der Waals surface area contributed by atoms with Crippen molar-refractivity contribution in [3.8, 4) is 17.1 Å². The molecule has 40 heavy (non-hydrogen) atoms. The van der Waals surface area contributed by atoms with Crippen LogP contribution in [0.5, 0.6) is 5.75 Å². The van der Waals surface area contributed by atoms with Crippen LogP contribution in [0.3, 0.4) is 0 Å². The van der Waals surface area contributed by atoms with E-state index in [1.165, 1.54) is 24.7 Å². The lowest BCUT2D eigenvalue weighted by molar-refractivity contribution is -0.137. The molecule has 2 aromatic heterocycles. The van der Waals surface area contributed by atoms with Crippen molar-refractivity contribution in [1.82, 2.24) is 14.9 Å². The van der Waals surface area contributed by atoms with E-state index in [1.54, 1.807) is 24.4 Å². The second-order valence-electron chi connectivity index (χ2n) is 9.58. The number of nitrogens with one attached hydrogen (secondary N) is 2. The SMILES string of the molecule is CN1CCCC1CCOc1cc(NC(=O)c2cccnc2Nc2ccc(-c3cnco3)cc2)cc(C(F)(F)F)c1. The van der Waals surface area contributed by atoms with Crippen molar-refractivity contribution < 1.29 is 27.1 Å². The number of carbonyl (C=O) groups excluding carboxylic acids is 1. The Kier molecular flexibility index (Phi) is 8.01. The first-order chi connectivity index (χ1) is 19.3. The molecule has 8 nitrogen and oxygen atoms in total. The number of alkyl halides is 3. The predicted octanol–water partition coefficient (Wildman–Crippen LogP) is 6.61. The van der Waals surface area contributed by atoms with Crippen LogP contribution in [0.25, 0.3) is 11.3 Å². The molecule has 1 amide bonds. The summed E-state index contributed by atoms with van der Waals surface area (Å²) >= 11 is 0. The highest BCUT2D eigenvalue weighted by Gasteiger charge is 2.32. The van der Waals surface area contributed by atoms with E-state index in [1.807, 2.05) is 19.2 Å². The molecule has 1 atom stereocenters. The van der Waals surface area contributed by atoms with Crippen LogP contribution in [0.4, 0.5) is 30.4 Å². The summed E-state index contributed by atoms with van der Waals surface area (Å²) in [6.07, 6.45) is 2.69. The van der Waals surface area contributed by atoms with Crippen LogP contribution in [0, 0.1) is 0 Å². The summed E-state index contributed by atoms with van der Waals surface area (Å²) in [5.74, 6) is 0.283. The number of amides is 1. The number of oxazole rings is 1. The van der Waals surface area contributed by atoms with Crippen LogP contribution in [0.1, 0.15) is 35.2 Å². The maximum Gasteiger partial charge on any atom is 0.416 e. The third-order valence-corrected chi connectivity index (χ3v) is 6.80. The van der Waals surface area contributed by atoms with E-state index in [4.69, 9.17) is 9.15 Å². The van der Waals surface area contributed by atoms with Gasteiger partial charge in [-0.2, -0.15) is 13.2 Å². The molecule has 5 rings (SSSR count). The molecule has 0 bridgehead atoms. The van der Waals surface area contributed by atoms with E-state index in [0.717, 1.165) is 37.1 Å². The first-order valence-electron chi connectivity index (χ1n) is 12.8. The average Bonchev–Trinajstić information content (AvgIpc) is 3.61. The Morgan fingerprint density at radius 1 is 1.15 bits per heavy atom. The summed E-state index contributed by atoms with van der Waals surface area (Å²) in [6.45, 7) is 1.28. The zero-order chi connectivity index (χ0) is 28.1.